The molecule has 0 aliphatic rings. The average Bonchev–Trinajstić information content (AvgIpc) is 3.31. The minimum absolute atomic E-state index is 0.103. The van der Waals surface area contributed by atoms with Gasteiger partial charge in [0.05, 0.1) is 0 Å². The van der Waals surface area contributed by atoms with E-state index in [1.807, 2.05) is 6.08 Å². The van der Waals surface area contributed by atoms with Crippen molar-refractivity contribution in [2.24, 2.45) is 0 Å². The minimum atomic E-state index is -0.806. The molecule has 0 amide bonds. The van der Waals surface area contributed by atoms with Crippen LogP contribution in [0.1, 0.15) is 271 Å². The van der Waals surface area contributed by atoms with Crippen molar-refractivity contribution in [3.8, 4) is 0 Å². The van der Waals surface area contributed by atoms with Crippen molar-refractivity contribution >= 4 is 17.9 Å². The van der Waals surface area contributed by atoms with Gasteiger partial charge in [0, 0.05) is 19.3 Å². The maximum absolute atomic E-state index is 12.8. The monoisotopic (exact) mass is 921 g/mol. The Hall–Kier alpha value is -3.15. The summed E-state index contributed by atoms with van der Waals surface area (Å²) in [4.78, 5) is 38.0. The van der Waals surface area contributed by atoms with Gasteiger partial charge in [-0.15, -0.1) is 0 Å². The number of rotatable bonds is 50. The zero-order valence-electron chi connectivity index (χ0n) is 43.4. The summed E-state index contributed by atoms with van der Waals surface area (Å²) in [5.74, 6) is -0.985. The summed E-state index contributed by atoms with van der Waals surface area (Å²) in [6.45, 7) is 6.54. The Balaban J connectivity index is 4.46. The summed E-state index contributed by atoms with van der Waals surface area (Å²) >= 11 is 0. The second-order valence-electron chi connectivity index (χ2n) is 18.6. The molecular formula is C60H104O6. The molecule has 1 atom stereocenters. The zero-order chi connectivity index (χ0) is 47.9. The molecule has 66 heavy (non-hydrogen) atoms. The van der Waals surface area contributed by atoms with Crippen LogP contribution in [0.5, 0.6) is 0 Å². The molecule has 0 bridgehead atoms. The van der Waals surface area contributed by atoms with Gasteiger partial charge in [-0.05, 0) is 64.2 Å². The van der Waals surface area contributed by atoms with Gasteiger partial charge >= 0.3 is 17.9 Å². The van der Waals surface area contributed by atoms with Gasteiger partial charge in [0.15, 0.2) is 6.10 Å². The van der Waals surface area contributed by atoms with E-state index in [-0.39, 0.29) is 37.5 Å². The molecular weight excluding hydrogens is 817 g/mol. The standard InChI is InChI=1S/C60H104O6/c1-4-7-10-13-16-19-22-25-27-29-31-32-35-38-41-44-47-50-53-59(62)65-56-57(55-64-58(61)52-49-46-43-40-37-34-24-21-18-15-12-9-6-3)66-60(63)54-51-48-45-42-39-36-33-30-28-26-23-20-17-14-11-8-5-2/h16,19,22,25,27,29,31-32,34,37,43,46,57H,4-15,17-18,20-21,23-24,26,28,30,33,35-36,38-42,44-45,47-56H2,1-3H3/b19-16-,25-22-,29-27-,32-31-,37-34-,46-43-. The first kappa shape index (κ1) is 62.8. The van der Waals surface area contributed by atoms with Crippen LogP contribution in [0.3, 0.4) is 0 Å². The van der Waals surface area contributed by atoms with E-state index in [4.69, 9.17) is 14.2 Å². The van der Waals surface area contributed by atoms with Gasteiger partial charge in [-0.2, -0.15) is 0 Å². The van der Waals surface area contributed by atoms with E-state index in [1.165, 1.54) is 148 Å². The topological polar surface area (TPSA) is 78.9 Å². The molecule has 380 valence electrons. The summed E-state index contributed by atoms with van der Waals surface area (Å²) < 4.78 is 16.8. The lowest BCUT2D eigenvalue weighted by molar-refractivity contribution is -0.166. The molecule has 6 heteroatoms. The zero-order valence-corrected chi connectivity index (χ0v) is 43.4. The van der Waals surface area contributed by atoms with Crippen molar-refractivity contribution in [3.63, 3.8) is 0 Å². The van der Waals surface area contributed by atoms with E-state index in [2.05, 4.69) is 87.6 Å². The Morgan fingerprint density at radius 2 is 0.636 bits per heavy atom. The van der Waals surface area contributed by atoms with Gasteiger partial charge in [0.1, 0.15) is 13.2 Å². The Kier molecular flexibility index (Phi) is 51.9. The van der Waals surface area contributed by atoms with Gasteiger partial charge in [0.2, 0.25) is 0 Å². The second kappa shape index (κ2) is 54.5. The smallest absolute Gasteiger partial charge is 0.306 e. The summed E-state index contributed by atoms with van der Waals surface area (Å²) in [5.41, 5.74) is 0. The first-order valence-corrected chi connectivity index (χ1v) is 28.0. The van der Waals surface area contributed by atoms with Gasteiger partial charge in [-0.3, -0.25) is 14.4 Å². The third kappa shape index (κ3) is 51.8. The van der Waals surface area contributed by atoms with Crippen molar-refractivity contribution in [1.82, 2.24) is 0 Å². The maximum Gasteiger partial charge on any atom is 0.306 e. The van der Waals surface area contributed by atoms with Crippen LogP contribution in [0.15, 0.2) is 72.9 Å². The average molecular weight is 921 g/mol. The molecule has 0 saturated carbocycles. The predicted molar refractivity (Wildman–Crippen MR) is 284 cm³/mol. The van der Waals surface area contributed by atoms with E-state index in [1.54, 1.807) is 0 Å². The fourth-order valence-corrected chi connectivity index (χ4v) is 7.80. The fourth-order valence-electron chi connectivity index (χ4n) is 7.80. The van der Waals surface area contributed by atoms with Gasteiger partial charge in [0.25, 0.3) is 0 Å². The molecule has 0 fully saturated rings. The van der Waals surface area contributed by atoms with E-state index < -0.39 is 6.10 Å². The molecule has 0 saturated heterocycles. The van der Waals surface area contributed by atoms with Crippen LogP contribution >= 0.6 is 0 Å². The largest absolute Gasteiger partial charge is 0.462 e. The number of allylic oxidation sites excluding steroid dienone is 12. The highest BCUT2D eigenvalue weighted by Crippen LogP contribution is 2.16. The molecule has 0 rings (SSSR count). The molecule has 0 aromatic carbocycles. The normalized spacial score (nSPS) is 12.6. The van der Waals surface area contributed by atoms with Gasteiger partial charge < -0.3 is 14.2 Å². The SMILES string of the molecule is CCCCC\C=C/C=C\C=C/C=C\CCCCCCCC(=O)OCC(COC(=O)CC/C=C\C/C=C\CCCCCCCC)OC(=O)CCCCCCCCCCCCCCCCCCC. The molecule has 0 N–H and O–H groups in total. The first-order chi connectivity index (χ1) is 32.5. The van der Waals surface area contributed by atoms with Crippen molar-refractivity contribution in [2.75, 3.05) is 13.2 Å². The van der Waals surface area contributed by atoms with Crippen LogP contribution in [0.4, 0.5) is 0 Å². The molecule has 6 nitrogen and oxygen atoms in total. The van der Waals surface area contributed by atoms with Crippen molar-refractivity contribution in [2.45, 2.75) is 277 Å². The molecule has 0 spiro atoms. The number of carbonyl (C=O) groups is 3. The van der Waals surface area contributed by atoms with Crippen LogP contribution in [-0.2, 0) is 28.6 Å². The van der Waals surface area contributed by atoms with Crippen molar-refractivity contribution < 1.29 is 28.6 Å². The Labute approximate surface area is 408 Å². The van der Waals surface area contributed by atoms with Crippen LogP contribution in [0, 0.1) is 0 Å². The molecule has 0 aliphatic heterocycles. The first-order valence-electron chi connectivity index (χ1n) is 28.0. The molecule has 0 aliphatic carbocycles. The number of unbranched alkanes of at least 4 members (excludes halogenated alkanes) is 30. The minimum Gasteiger partial charge on any atom is -0.462 e. The third-order valence-electron chi connectivity index (χ3n) is 12.0. The van der Waals surface area contributed by atoms with Gasteiger partial charge in [-0.1, -0.05) is 261 Å². The van der Waals surface area contributed by atoms with Crippen LogP contribution in [0.2, 0.25) is 0 Å². The Morgan fingerprint density at radius 3 is 1.09 bits per heavy atom. The van der Waals surface area contributed by atoms with Crippen molar-refractivity contribution in [3.05, 3.63) is 72.9 Å². The molecule has 0 radical (unpaired) electrons. The number of ether oxygens (including phenoxy) is 3. The highest BCUT2D eigenvalue weighted by molar-refractivity contribution is 5.71. The van der Waals surface area contributed by atoms with Crippen LogP contribution < -0.4 is 0 Å². The number of esters is 3. The lowest BCUT2D eigenvalue weighted by atomic mass is 10.0. The Bertz CT molecular complexity index is 1240. The van der Waals surface area contributed by atoms with E-state index in [0.29, 0.717) is 19.3 Å². The lowest BCUT2D eigenvalue weighted by Gasteiger charge is -2.18. The molecule has 0 heterocycles. The van der Waals surface area contributed by atoms with Crippen molar-refractivity contribution in [1.29, 1.82) is 0 Å². The quantitative estimate of drug-likeness (QED) is 0.0199. The fraction of sp³-hybridized carbons (Fsp3) is 0.750. The van der Waals surface area contributed by atoms with E-state index in [0.717, 1.165) is 77.0 Å². The van der Waals surface area contributed by atoms with Crippen LogP contribution in [0.25, 0.3) is 0 Å². The highest BCUT2D eigenvalue weighted by Gasteiger charge is 2.19. The summed E-state index contributed by atoms with van der Waals surface area (Å²) in [5, 5.41) is 0. The summed E-state index contributed by atoms with van der Waals surface area (Å²) in [7, 11) is 0. The number of hydrogen-bond donors (Lipinski definition) is 0. The van der Waals surface area contributed by atoms with E-state index in [9.17, 15) is 14.4 Å². The van der Waals surface area contributed by atoms with Crippen LogP contribution in [-0.4, -0.2) is 37.2 Å². The Morgan fingerprint density at radius 1 is 0.318 bits per heavy atom. The van der Waals surface area contributed by atoms with Gasteiger partial charge in [-0.25, -0.2) is 0 Å². The summed E-state index contributed by atoms with van der Waals surface area (Å²) in [6.07, 6.45) is 69.0. The second-order valence-corrected chi connectivity index (χ2v) is 18.6. The predicted octanol–water partition coefficient (Wildman–Crippen LogP) is 18.6. The number of hydrogen-bond acceptors (Lipinski definition) is 6. The summed E-state index contributed by atoms with van der Waals surface area (Å²) in [6, 6.07) is 0. The lowest BCUT2D eigenvalue weighted by Crippen LogP contribution is -2.30. The number of carbonyl (C=O) groups excluding carboxylic acids is 3. The molecule has 0 aromatic rings. The third-order valence-corrected chi connectivity index (χ3v) is 12.0. The van der Waals surface area contributed by atoms with E-state index >= 15 is 0 Å². The maximum atomic E-state index is 12.8. The molecule has 0 aromatic heterocycles. The highest BCUT2D eigenvalue weighted by atomic mass is 16.6. The molecule has 1 unspecified atom stereocenters.